The highest BCUT2D eigenvalue weighted by Crippen LogP contribution is 2.41. The van der Waals surface area contributed by atoms with E-state index >= 15 is 0 Å². The van der Waals surface area contributed by atoms with Crippen LogP contribution in [0.15, 0.2) is 55.1 Å². The molecule has 0 bridgehead atoms. The maximum absolute atomic E-state index is 14.5. The van der Waals surface area contributed by atoms with Crippen molar-refractivity contribution in [1.29, 1.82) is 0 Å². The van der Waals surface area contributed by atoms with Gasteiger partial charge in [0.15, 0.2) is 0 Å². The zero-order valence-electron chi connectivity index (χ0n) is 25.6. The molecule has 1 aliphatic rings. The van der Waals surface area contributed by atoms with Crippen molar-refractivity contribution >= 4 is 30.0 Å². The van der Waals surface area contributed by atoms with Crippen LogP contribution >= 0.6 is 0 Å². The maximum atomic E-state index is 14.5. The summed E-state index contributed by atoms with van der Waals surface area (Å²) in [5, 5.41) is 15.3. The Morgan fingerprint density at radius 2 is 1.81 bits per heavy atom. The molecule has 0 aliphatic heterocycles. The minimum atomic E-state index is -1.08. The summed E-state index contributed by atoms with van der Waals surface area (Å²) < 4.78 is 10.5. The number of phenolic OH excluding ortho intramolecular Hbond substituents is 1. The summed E-state index contributed by atoms with van der Waals surface area (Å²) in [5.41, 5.74) is 1.23. The summed E-state index contributed by atoms with van der Waals surface area (Å²) in [6.45, 7) is 13.0. The minimum Gasteiger partial charge on any atom is -0.508 e. The van der Waals surface area contributed by atoms with E-state index in [9.17, 15) is 24.3 Å². The molecule has 0 heterocycles. The van der Waals surface area contributed by atoms with Gasteiger partial charge in [-0.2, -0.15) is 0 Å². The zero-order valence-corrected chi connectivity index (χ0v) is 25.6. The number of alkyl carbamates (subject to hydrolysis) is 1. The van der Waals surface area contributed by atoms with Crippen LogP contribution in [0.25, 0.3) is 6.08 Å². The fourth-order valence-electron chi connectivity index (χ4n) is 4.78. The van der Waals surface area contributed by atoms with Crippen LogP contribution in [0.3, 0.4) is 0 Å². The summed E-state index contributed by atoms with van der Waals surface area (Å²) in [7, 11) is 0. The topological polar surface area (TPSA) is 134 Å². The van der Waals surface area contributed by atoms with E-state index in [1.807, 2.05) is 13.0 Å². The Morgan fingerprint density at radius 3 is 2.40 bits per heavy atom. The molecular weight excluding hydrogens is 550 g/mol. The zero-order chi connectivity index (χ0) is 31.7. The van der Waals surface area contributed by atoms with Crippen LogP contribution in [-0.2, 0) is 30.3 Å². The van der Waals surface area contributed by atoms with Gasteiger partial charge in [-0.15, -0.1) is 0 Å². The van der Waals surface area contributed by atoms with Crippen LogP contribution in [0.1, 0.15) is 70.2 Å². The van der Waals surface area contributed by atoms with E-state index in [-0.39, 0.29) is 43.7 Å². The number of amides is 3. The molecule has 1 aliphatic carbocycles. The average Bonchev–Trinajstić information content (AvgIpc) is 3.66. The van der Waals surface area contributed by atoms with Gasteiger partial charge in [0.25, 0.3) is 0 Å². The van der Waals surface area contributed by atoms with Crippen molar-refractivity contribution in [3.8, 4) is 5.75 Å². The first-order valence-corrected chi connectivity index (χ1v) is 14.6. The van der Waals surface area contributed by atoms with Crippen molar-refractivity contribution in [2.24, 2.45) is 5.92 Å². The average molecular weight is 594 g/mol. The number of phenols is 1. The number of rotatable bonds is 13. The normalized spacial score (nSPS) is 17.1. The summed E-state index contributed by atoms with van der Waals surface area (Å²) in [6, 6.07) is 11.2. The van der Waals surface area contributed by atoms with Gasteiger partial charge in [0.2, 0.25) is 11.8 Å². The highest BCUT2D eigenvalue weighted by Gasteiger charge is 2.48. The lowest BCUT2D eigenvalue weighted by atomic mass is 9.98. The number of carbonyl (C=O) groups excluding carboxylic acids is 4. The van der Waals surface area contributed by atoms with Gasteiger partial charge in [-0.1, -0.05) is 49.9 Å². The fraction of sp³-hybridized carbons (Fsp3) is 0.455. The van der Waals surface area contributed by atoms with Crippen LogP contribution in [-0.4, -0.2) is 64.7 Å². The number of esters is 1. The molecule has 4 atom stereocenters. The molecule has 0 radical (unpaired) electrons. The van der Waals surface area contributed by atoms with Gasteiger partial charge in [0.05, 0.1) is 13.0 Å². The number of carbonyl (C=O) groups is 4. The Kier molecular flexibility index (Phi) is 11.3. The molecule has 0 aromatic heterocycles. The number of hydrogen-bond donors (Lipinski definition) is 3. The van der Waals surface area contributed by atoms with Crippen LogP contribution in [0.5, 0.6) is 5.75 Å². The Bertz CT molecular complexity index is 1300. The molecule has 10 heteroatoms. The van der Waals surface area contributed by atoms with Crippen LogP contribution in [0, 0.1) is 5.92 Å². The molecular formula is C33H43N3O7. The molecule has 3 rings (SSSR count). The fourth-order valence-corrected chi connectivity index (χ4v) is 4.78. The second kappa shape index (κ2) is 14.7. The van der Waals surface area contributed by atoms with Gasteiger partial charge in [-0.3, -0.25) is 14.4 Å². The lowest BCUT2D eigenvalue weighted by Crippen LogP contribution is -2.54. The molecule has 2 aromatic rings. The molecule has 2 aromatic carbocycles. The van der Waals surface area contributed by atoms with Crippen molar-refractivity contribution < 1.29 is 33.8 Å². The molecule has 4 unspecified atom stereocenters. The number of aromatic hydroxyl groups is 1. The van der Waals surface area contributed by atoms with Crippen molar-refractivity contribution in [2.45, 2.75) is 77.6 Å². The molecule has 232 valence electrons. The van der Waals surface area contributed by atoms with Gasteiger partial charge in [-0.25, -0.2) is 4.79 Å². The SMILES string of the molecule is C=Cc1cccc(C(C(=O)NCCC(=O)OCC)N(C(=O)C(Cc2ccc(O)cc2)NC(=O)OC(C)(C)C)C2CC2C)c1. The van der Waals surface area contributed by atoms with Crippen molar-refractivity contribution in [3.05, 3.63) is 71.8 Å². The largest absolute Gasteiger partial charge is 0.508 e. The quantitative estimate of drug-likeness (QED) is 0.291. The van der Waals surface area contributed by atoms with Gasteiger partial charge in [0.1, 0.15) is 23.4 Å². The van der Waals surface area contributed by atoms with Crippen LogP contribution in [0.4, 0.5) is 4.79 Å². The summed E-state index contributed by atoms with van der Waals surface area (Å²) >= 11 is 0. The van der Waals surface area contributed by atoms with Gasteiger partial charge < -0.3 is 30.1 Å². The predicted molar refractivity (Wildman–Crippen MR) is 163 cm³/mol. The second-order valence-electron chi connectivity index (χ2n) is 11.7. The lowest BCUT2D eigenvalue weighted by molar-refractivity contribution is -0.145. The Labute approximate surface area is 253 Å². The Balaban J connectivity index is 2.02. The number of nitrogens with zero attached hydrogens (tertiary/aromatic N) is 1. The summed E-state index contributed by atoms with van der Waals surface area (Å²) in [6.07, 6.45) is 1.65. The van der Waals surface area contributed by atoms with Gasteiger partial charge >= 0.3 is 12.1 Å². The molecule has 0 spiro atoms. The number of nitrogens with one attached hydrogen (secondary N) is 2. The number of hydrogen-bond acceptors (Lipinski definition) is 7. The first-order chi connectivity index (χ1) is 20.3. The van der Waals surface area contributed by atoms with E-state index in [4.69, 9.17) is 9.47 Å². The van der Waals surface area contributed by atoms with Crippen molar-refractivity contribution in [1.82, 2.24) is 15.5 Å². The monoisotopic (exact) mass is 593 g/mol. The van der Waals surface area contributed by atoms with Crippen molar-refractivity contribution in [3.63, 3.8) is 0 Å². The Morgan fingerprint density at radius 1 is 1.14 bits per heavy atom. The van der Waals surface area contributed by atoms with E-state index in [0.29, 0.717) is 17.5 Å². The highest BCUT2D eigenvalue weighted by molar-refractivity contribution is 5.93. The predicted octanol–water partition coefficient (Wildman–Crippen LogP) is 4.52. The third kappa shape index (κ3) is 9.87. The van der Waals surface area contributed by atoms with E-state index < -0.39 is 41.6 Å². The standard InChI is InChI=1S/C33H43N3O7/c1-7-22-10-9-11-24(19-22)29(30(39)34-17-16-28(38)42-8-2)36(27-18-21(27)3)31(40)26(35-32(41)43-33(4,5)6)20-23-12-14-25(37)15-13-23/h7,9-15,19,21,26-27,29,37H,1,8,16-18,20H2,2-6H3,(H,34,39)(H,35,41). The van der Waals surface area contributed by atoms with Gasteiger partial charge in [-0.05, 0) is 74.9 Å². The first-order valence-electron chi connectivity index (χ1n) is 14.6. The molecule has 3 amide bonds. The second-order valence-corrected chi connectivity index (χ2v) is 11.7. The highest BCUT2D eigenvalue weighted by atomic mass is 16.6. The third-order valence-electron chi connectivity index (χ3n) is 6.97. The molecule has 0 saturated heterocycles. The van der Waals surface area contributed by atoms with Crippen molar-refractivity contribution in [2.75, 3.05) is 13.2 Å². The van der Waals surface area contributed by atoms with Gasteiger partial charge in [0, 0.05) is 19.0 Å². The van der Waals surface area contributed by atoms with Crippen LogP contribution in [0.2, 0.25) is 0 Å². The summed E-state index contributed by atoms with van der Waals surface area (Å²) in [4.78, 5) is 54.8. The van der Waals surface area contributed by atoms with E-state index in [0.717, 1.165) is 5.56 Å². The molecule has 3 N–H and O–H groups in total. The van der Waals surface area contributed by atoms with Crippen LogP contribution < -0.4 is 10.6 Å². The third-order valence-corrected chi connectivity index (χ3v) is 6.97. The Hall–Kier alpha value is -4.34. The van der Waals surface area contributed by atoms with E-state index in [1.165, 1.54) is 12.1 Å². The lowest BCUT2D eigenvalue weighted by Gasteiger charge is -2.35. The van der Waals surface area contributed by atoms with E-state index in [1.54, 1.807) is 69.0 Å². The first kappa shape index (κ1) is 33.2. The van der Waals surface area contributed by atoms with E-state index in [2.05, 4.69) is 17.2 Å². The minimum absolute atomic E-state index is 0.0174. The molecule has 43 heavy (non-hydrogen) atoms. The number of ether oxygens (including phenoxy) is 2. The maximum Gasteiger partial charge on any atom is 0.408 e. The molecule has 1 saturated carbocycles. The molecule has 1 fully saturated rings. The summed E-state index contributed by atoms with van der Waals surface area (Å²) in [5.74, 6) is -1.16. The number of benzene rings is 2. The smallest absolute Gasteiger partial charge is 0.408 e. The molecule has 10 nitrogen and oxygen atoms in total.